The van der Waals surface area contributed by atoms with Crippen molar-refractivity contribution in [2.75, 3.05) is 19.6 Å². The number of carbonyl (C=O) groups is 1. The second-order valence-corrected chi connectivity index (χ2v) is 8.94. The van der Waals surface area contributed by atoms with Gasteiger partial charge in [0.2, 0.25) is 0 Å². The summed E-state index contributed by atoms with van der Waals surface area (Å²) in [5.74, 6) is 1.48. The van der Waals surface area contributed by atoms with Crippen LogP contribution in [0.25, 0.3) is 10.2 Å². The van der Waals surface area contributed by atoms with Gasteiger partial charge in [-0.2, -0.15) is 5.10 Å². The first-order valence-electron chi connectivity index (χ1n) is 9.52. The SMILES string of the molecule is CC(C)c1nn(C)c2sc(C(=O)N3CCC(NCC4CC4)CC3)cc12. The molecule has 2 aromatic rings. The third-order valence-corrected chi connectivity index (χ3v) is 6.66. The lowest BCUT2D eigenvalue weighted by Crippen LogP contribution is -2.45. The molecule has 0 spiro atoms. The summed E-state index contributed by atoms with van der Waals surface area (Å²) in [4.78, 5) is 16.9. The van der Waals surface area contributed by atoms with Crippen LogP contribution in [0.15, 0.2) is 6.07 Å². The molecule has 0 radical (unpaired) electrons. The number of nitrogens with zero attached hydrogens (tertiary/aromatic N) is 3. The van der Waals surface area contributed by atoms with Crippen molar-refractivity contribution >= 4 is 27.5 Å². The predicted octanol–water partition coefficient (Wildman–Crippen LogP) is 3.36. The molecule has 3 heterocycles. The molecule has 0 bridgehead atoms. The number of amides is 1. The van der Waals surface area contributed by atoms with E-state index in [1.54, 1.807) is 11.3 Å². The van der Waals surface area contributed by atoms with Crippen LogP contribution < -0.4 is 5.32 Å². The lowest BCUT2D eigenvalue weighted by atomic mass is 10.0. The third-order valence-electron chi connectivity index (χ3n) is 5.47. The van der Waals surface area contributed by atoms with Crippen molar-refractivity contribution in [3.63, 3.8) is 0 Å². The molecule has 2 aromatic heterocycles. The molecule has 1 saturated carbocycles. The van der Waals surface area contributed by atoms with Crippen molar-refractivity contribution < 1.29 is 4.79 Å². The molecule has 0 aromatic carbocycles. The van der Waals surface area contributed by atoms with E-state index in [1.807, 2.05) is 16.6 Å². The number of carbonyl (C=O) groups excluding carboxylic acids is 1. The fraction of sp³-hybridized carbons (Fsp3) is 0.684. The zero-order valence-corrected chi connectivity index (χ0v) is 16.2. The molecule has 25 heavy (non-hydrogen) atoms. The second-order valence-electron chi connectivity index (χ2n) is 7.91. The molecule has 2 aliphatic rings. The van der Waals surface area contributed by atoms with Gasteiger partial charge in [-0.1, -0.05) is 13.8 Å². The number of likely N-dealkylation sites (tertiary alicyclic amines) is 1. The van der Waals surface area contributed by atoms with E-state index in [4.69, 9.17) is 0 Å². The summed E-state index contributed by atoms with van der Waals surface area (Å²) in [7, 11) is 1.97. The lowest BCUT2D eigenvalue weighted by molar-refractivity contribution is 0.0710. The van der Waals surface area contributed by atoms with E-state index >= 15 is 0 Å². The summed E-state index contributed by atoms with van der Waals surface area (Å²) in [5, 5.41) is 9.43. The highest BCUT2D eigenvalue weighted by Crippen LogP contribution is 2.32. The largest absolute Gasteiger partial charge is 0.338 e. The number of aryl methyl sites for hydroxylation is 1. The van der Waals surface area contributed by atoms with Gasteiger partial charge in [-0.3, -0.25) is 9.48 Å². The van der Waals surface area contributed by atoms with Gasteiger partial charge in [0.1, 0.15) is 4.83 Å². The van der Waals surface area contributed by atoms with E-state index in [0.29, 0.717) is 12.0 Å². The minimum Gasteiger partial charge on any atom is -0.338 e. The Balaban J connectivity index is 1.42. The Labute approximate surface area is 153 Å². The van der Waals surface area contributed by atoms with Gasteiger partial charge in [0, 0.05) is 31.6 Å². The first kappa shape index (κ1) is 17.0. The number of hydrogen-bond acceptors (Lipinski definition) is 4. The molecule has 1 amide bonds. The maximum Gasteiger partial charge on any atom is 0.264 e. The Kier molecular flexibility index (Phi) is 4.58. The minimum atomic E-state index is 0.191. The summed E-state index contributed by atoms with van der Waals surface area (Å²) in [6.45, 7) is 7.20. The summed E-state index contributed by atoms with van der Waals surface area (Å²) in [5.41, 5.74) is 1.09. The molecule has 4 rings (SSSR count). The van der Waals surface area contributed by atoms with E-state index in [9.17, 15) is 4.79 Å². The summed E-state index contributed by atoms with van der Waals surface area (Å²) in [6, 6.07) is 2.64. The standard InChI is InChI=1S/C19H28N4OS/c1-12(2)17-15-10-16(25-19(15)22(3)21-17)18(24)23-8-6-14(7-9-23)20-11-13-4-5-13/h10,12-14,20H,4-9,11H2,1-3H3. The van der Waals surface area contributed by atoms with Crippen LogP contribution in [0, 0.1) is 5.92 Å². The maximum absolute atomic E-state index is 12.9. The van der Waals surface area contributed by atoms with Crippen LogP contribution in [0.5, 0.6) is 0 Å². The van der Waals surface area contributed by atoms with Crippen LogP contribution in [0.3, 0.4) is 0 Å². The van der Waals surface area contributed by atoms with E-state index in [0.717, 1.165) is 52.6 Å². The van der Waals surface area contributed by atoms with Crippen molar-refractivity contribution in [1.82, 2.24) is 20.0 Å². The lowest BCUT2D eigenvalue weighted by Gasteiger charge is -2.32. The van der Waals surface area contributed by atoms with Crippen LogP contribution in [0.2, 0.25) is 0 Å². The fourth-order valence-electron chi connectivity index (χ4n) is 3.70. The Morgan fingerprint density at radius 3 is 2.68 bits per heavy atom. The van der Waals surface area contributed by atoms with Crippen molar-refractivity contribution in [3.8, 4) is 0 Å². The van der Waals surface area contributed by atoms with Crippen molar-refractivity contribution in [2.24, 2.45) is 13.0 Å². The average Bonchev–Trinajstić information content (AvgIpc) is 3.24. The molecular weight excluding hydrogens is 332 g/mol. The van der Waals surface area contributed by atoms with Crippen LogP contribution in [0.1, 0.15) is 60.8 Å². The number of thiophene rings is 1. The zero-order chi connectivity index (χ0) is 17.6. The Hall–Kier alpha value is -1.40. The number of rotatable bonds is 5. The molecule has 6 heteroatoms. The third kappa shape index (κ3) is 3.47. The van der Waals surface area contributed by atoms with Gasteiger partial charge < -0.3 is 10.2 Å². The number of nitrogens with one attached hydrogen (secondary N) is 1. The number of hydrogen-bond donors (Lipinski definition) is 1. The van der Waals surface area contributed by atoms with Gasteiger partial charge in [-0.25, -0.2) is 0 Å². The van der Waals surface area contributed by atoms with E-state index in [1.165, 1.54) is 19.4 Å². The molecular formula is C19H28N4OS. The van der Waals surface area contributed by atoms with E-state index in [-0.39, 0.29) is 5.91 Å². The molecule has 1 N–H and O–H groups in total. The monoisotopic (exact) mass is 360 g/mol. The Bertz CT molecular complexity index is 766. The Morgan fingerprint density at radius 2 is 2.04 bits per heavy atom. The van der Waals surface area contributed by atoms with Crippen LogP contribution in [-0.4, -0.2) is 46.3 Å². The van der Waals surface area contributed by atoms with Gasteiger partial charge >= 0.3 is 0 Å². The maximum atomic E-state index is 12.9. The van der Waals surface area contributed by atoms with Crippen molar-refractivity contribution in [2.45, 2.75) is 51.5 Å². The first-order valence-corrected chi connectivity index (χ1v) is 10.3. The van der Waals surface area contributed by atoms with Crippen molar-refractivity contribution in [3.05, 3.63) is 16.6 Å². The molecule has 2 fully saturated rings. The molecule has 1 saturated heterocycles. The van der Waals surface area contributed by atoms with Crippen LogP contribution in [-0.2, 0) is 7.05 Å². The van der Waals surface area contributed by atoms with Gasteiger partial charge in [0.15, 0.2) is 0 Å². The van der Waals surface area contributed by atoms with Gasteiger partial charge in [0.25, 0.3) is 5.91 Å². The summed E-state index contributed by atoms with van der Waals surface area (Å²) in [6.07, 6.45) is 4.93. The first-order chi connectivity index (χ1) is 12.0. The molecule has 0 atom stereocenters. The van der Waals surface area contributed by atoms with E-state index < -0.39 is 0 Å². The summed E-state index contributed by atoms with van der Waals surface area (Å²) < 4.78 is 1.92. The topological polar surface area (TPSA) is 50.2 Å². The Morgan fingerprint density at radius 1 is 1.32 bits per heavy atom. The predicted molar refractivity (Wildman–Crippen MR) is 102 cm³/mol. The molecule has 5 nitrogen and oxygen atoms in total. The van der Waals surface area contributed by atoms with Crippen LogP contribution >= 0.6 is 11.3 Å². The second kappa shape index (κ2) is 6.72. The molecule has 136 valence electrons. The number of fused-ring (bicyclic) bond motifs is 1. The minimum absolute atomic E-state index is 0.191. The summed E-state index contributed by atoms with van der Waals surface area (Å²) >= 11 is 1.58. The van der Waals surface area contributed by atoms with Gasteiger partial charge in [-0.05, 0) is 50.1 Å². The van der Waals surface area contributed by atoms with E-state index in [2.05, 4.69) is 30.3 Å². The normalized spacial score (nSPS) is 19.3. The number of piperidine rings is 1. The smallest absolute Gasteiger partial charge is 0.264 e. The quantitative estimate of drug-likeness (QED) is 0.889. The molecule has 1 aliphatic heterocycles. The molecule has 1 aliphatic carbocycles. The highest BCUT2D eigenvalue weighted by atomic mass is 32.1. The fourth-order valence-corrected chi connectivity index (χ4v) is 4.74. The van der Waals surface area contributed by atoms with Crippen molar-refractivity contribution in [1.29, 1.82) is 0 Å². The van der Waals surface area contributed by atoms with Gasteiger partial charge in [0.05, 0.1) is 10.6 Å². The average molecular weight is 361 g/mol. The molecule has 0 unspecified atom stereocenters. The highest BCUT2D eigenvalue weighted by molar-refractivity contribution is 7.20. The number of aromatic nitrogens is 2. The zero-order valence-electron chi connectivity index (χ0n) is 15.4. The van der Waals surface area contributed by atoms with Crippen LogP contribution in [0.4, 0.5) is 0 Å². The highest BCUT2D eigenvalue weighted by Gasteiger charge is 2.27. The van der Waals surface area contributed by atoms with Gasteiger partial charge in [-0.15, -0.1) is 11.3 Å².